The Morgan fingerprint density at radius 3 is 2.93 bits per heavy atom. The molecule has 1 atom stereocenters. The van der Waals surface area contributed by atoms with Crippen molar-refractivity contribution in [2.75, 3.05) is 24.3 Å². The highest BCUT2D eigenvalue weighted by Gasteiger charge is 2.07. The third kappa shape index (κ3) is 4.03. The van der Waals surface area contributed by atoms with Crippen LogP contribution in [-0.2, 0) is 10.8 Å². The molecule has 0 aromatic carbocycles. The quantitative estimate of drug-likeness (QED) is 0.700. The van der Waals surface area contributed by atoms with Gasteiger partial charge in [-0.25, -0.2) is 4.98 Å². The van der Waals surface area contributed by atoms with Crippen molar-refractivity contribution in [3.63, 3.8) is 0 Å². The van der Waals surface area contributed by atoms with Crippen LogP contribution in [0.4, 0.5) is 5.82 Å². The summed E-state index contributed by atoms with van der Waals surface area (Å²) >= 11 is 0. The second-order valence-corrected chi connectivity index (χ2v) is 4.42. The van der Waals surface area contributed by atoms with Gasteiger partial charge < -0.3 is 11.1 Å². The van der Waals surface area contributed by atoms with Crippen molar-refractivity contribution in [2.24, 2.45) is 0 Å². The number of aromatic nitrogens is 2. The minimum absolute atomic E-state index is 0.164. The number of anilines is 1. The smallest absolute Gasteiger partial charge is 0.271 e. The summed E-state index contributed by atoms with van der Waals surface area (Å²) in [6.07, 6.45) is 4.26. The summed E-state index contributed by atoms with van der Waals surface area (Å²) in [5.74, 6) is 0.253. The number of carbonyl (C=O) groups is 1. The van der Waals surface area contributed by atoms with Crippen molar-refractivity contribution in [1.29, 1.82) is 0 Å². The van der Waals surface area contributed by atoms with E-state index in [0.29, 0.717) is 12.3 Å². The van der Waals surface area contributed by atoms with Crippen molar-refractivity contribution < 1.29 is 9.00 Å². The van der Waals surface area contributed by atoms with Gasteiger partial charge in [0, 0.05) is 29.4 Å². The van der Waals surface area contributed by atoms with Crippen molar-refractivity contribution >= 4 is 22.5 Å². The molecule has 0 radical (unpaired) electrons. The fourth-order valence-electron chi connectivity index (χ4n) is 0.889. The molecule has 3 N–H and O–H groups in total. The van der Waals surface area contributed by atoms with Crippen molar-refractivity contribution in [3.05, 3.63) is 18.1 Å². The van der Waals surface area contributed by atoms with E-state index < -0.39 is 10.8 Å². The molecule has 1 amide bonds. The fourth-order valence-corrected chi connectivity index (χ4v) is 1.28. The third-order valence-corrected chi connectivity index (χ3v) is 2.34. The third-order valence-electron chi connectivity index (χ3n) is 1.56. The lowest BCUT2D eigenvalue weighted by Gasteiger charge is -2.02. The number of nitrogens with one attached hydrogen (secondary N) is 1. The molecule has 0 aliphatic heterocycles. The Balaban J connectivity index is 2.50. The average molecular weight is 228 g/mol. The molecule has 15 heavy (non-hydrogen) atoms. The maximum Gasteiger partial charge on any atom is 0.271 e. The Morgan fingerprint density at radius 2 is 2.33 bits per heavy atom. The Morgan fingerprint density at radius 1 is 1.60 bits per heavy atom. The van der Waals surface area contributed by atoms with Crippen LogP contribution in [0.5, 0.6) is 0 Å². The van der Waals surface area contributed by atoms with Crippen LogP contribution in [0.3, 0.4) is 0 Å². The zero-order valence-electron chi connectivity index (χ0n) is 8.27. The predicted octanol–water partition coefficient (Wildman–Crippen LogP) is -0.833. The Hall–Kier alpha value is -1.50. The molecule has 7 heteroatoms. The van der Waals surface area contributed by atoms with Gasteiger partial charge in [-0.3, -0.25) is 14.0 Å². The lowest BCUT2D eigenvalue weighted by atomic mass is 10.4. The number of nitrogens with zero attached hydrogens (tertiary/aromatic N) is 2. The monoisotopic (exact) mass is 228 g/mol. The van der Waals surface area contributed by atoms with Gasteiger partial charge in [-0.2, -0.15) is 0 Å². The molecule has 0 spiro atoms. The van der Waals surface area contributed by atoms with Gasteiger partial charge in [-0.1, -0.05) is 0 Å². The molecule has 1 rings (SSSR count). The van der Waals surface area contributed by atoms with E-state index in [1.54, 1.807) is 6.26 Å². The first-order valence-electron chi connectivity index (χ1n) is 4.25. The normalized spacial score (nSPS) is 12.1. The zero-order valence-corrected chi connectivity index (χ0v) is 9.08. The SMILES string of the molecule is CS(=O)CCNC(=O)c1cncc(N)n1. The summed E-state index contributed by atoms with van der Waals surface area (Å²) in [5, 5.41) is 2.57. The lowest BCUT2D eigenvalue weighted by molar-refractivity contribution is 0.0951. The highest BCUT2D eigenvalue weighted by molar-refractivity contribution is 7.84. The molecule has 0 bridgehead atoms. The number of hydrogen-bond acceptors (Lipinski definition) is 5. The van der Waals surface area contributed by atoms with E-state index in [-0.39, 0.29) is 17.4 Å². The minimum atomic E-state index is -0.918. The van der Waals surface area contributed by atoms with Gasteiger partial charge >= 0.3 is 0 Å². The molecule has 82 valence electrons. The van der Waals surface area contributed by atoms with Crippen LogP contribution in [0.1, 0.15) is 10.5 Å². The largest absolute Gasteiger partial charge is 0.382 e. The summed E-state index contributed by atoms with van der Waals surface area (Å²) in [4.78, 5) is 18.9. The summed E-state index contributed by atoms with van der Waals surface area (Å²) in [5.41, 5.74) is 5.53. The first kappa shape index (κ1) is 11.6. The van der Waals surface area contributed by atoms with Gasteiger partial charge in [-0.15, -0.1) is 0 Å². The van der Waals surface area contributed by atoms with Crippen molar-refractivity contribution in [2.45, 2.75) is 0 Å². The van der Waals surface area contributed by atoms with Gasteiger partial charge in [0.15, 0.2) is 0 Å². The standard InChI is InChI=1S/C8H12N4O2S/c1-15(14)3-2-11-8(13)6-4-10-5-7(9)12-6/h4-5H,2-3H2,1H3,(H2,9,12)(H,11,13). The van der Waals surface area contributed by atoms with Gasteiger partial charge in [0.2, 0.25) is 0 Å². The van der Waals surface area contributed by atoms with E-state index in [0.717, 1.165) is 0 Å². The molecule has 0 saturated carbocycles. The number of carbonyl (C=O) groups excluding carboxylic acids is 1. The topological polar surface area (TPSA) is 98.0 Å². The molecule has 0 aliphatic rings. The van der Waals surface area contributed by atoms with Crippen LogP contribution in [0.2, 0.25) is 0 Å². The summed E-state index contributed by atoms with van der Waals surface area (Å²) < 4.78 is 10.7. The van der Waals surface area contributed by atoms with E-state index in [4.69, 9.17) is 5.73 Å². The molecule has 1 heterocycles. The minimum Gasteiger partial charge on any atom is -0.382 e. The molecule has 1 aromatic heterocycles. The number of amides is 1. The van der Waals surface area contributed by atoms with Crippen LogP contribution in [0.15, 0.2) is 12.4 Å². The van der Waals surface area contributed by atoms with E-state index in [1.165, 1.54) is 12.4 Å². The van der Waals surface area contributed by atoms with Gasteiger partial charge in [0.1, 0.15) is 11.5 Å². The maximum atomic E-state index is 11.4. The van der Waals surface area contributed by atoms with Crippen LogP contribution in [-0.4, -0.2) is 38.6 Å². The molecule has 0 aliphatic carbocycles. The number of nitrogen functional groups attached to an aromatic ring is 1. The second-order valence-electron chi connectivity index (χ2n) is 2.86. The van der Waals surface area contributed by atoms with Gasteiger partial charge in [0.25, 0.3) is 5.91 Å². The number of nitrogens with two attached hydrogens (primary N) is 1. The first-order chi connectivity index (χ1) is 7.09. The predicted molar refractivity (Wildman–Crippen MR) is 57.7 cm³/mol. The molecular formula is C8H12N4O2S. The number of rotatable bonds is 4. The molecule has 1 unspecified atom stereocenters. The van der Waals surface area contributed by atoms with Gasteiger partial charge in [0.05, 0.1) is 12.4 Å². The van der Waals surface area contributed by atoms with Crippen molar-refractivity contribution in [1.82, 2.24) is 15.3 Å². The van der Waals surface area contributed by atoms with E-state index >= 15 is 0 Å². The van der Waals surface area contributed by atoms with E-state index in [2.05, 4.69) is 15.3 Å². The van der Waals surface area contributed by atoms with Crippen LogP contribution >= 0.6 is 0 Å². The highest BCUT2D eigenvalue weighted by Crippen LogP contribution is 1.96. The highest BCUT2D eigenvalue weighted by atomic mass is 32.2. The Labute approximate surface area is 89.8 Å². The Kier molecular flexibility index (Phi) is 4.17. The number of hydrogen-bond donors (Lipinski definition) is 2. The maximum absolute atomic E-state index is 11.4. The van der Waals surface area contributed by atoms with Crippen LogP contribution < -0.4 is 11.1 Å². The Bertz CT molecular complexity index is 383. The molecule has 6 nitrogen and oxygen atoms in total. The fraction of sp³-hybridized carbons (Fsp3) is 0.375. The van der Waals surface area contributed by atoms with Gasteiger partial charge in [-0.05, 0) is 0 Å². The molecule has 0 fully saturated rings. The molecule has 0 saturated heterocycles. The zero-order chi connectivity index (χ0) is 11.3. The first-order valence-corrected chi connectivity index (χ1v) is 5.98. The molecule has 1 aromatic rings. The lowest BCUT2D eigenvalue weighted by Crippen LogP contribution is -2.28. The van der Waals surface area contributed by atoms with Crippen LogP contribution in [0.25, 0.3) is 0 Å². The second kappa shape index (κ2) is 5.40. The van der Waals surface area contributed by atoms with E-state index in [1.807, 2.05) is 0 Å². The summed E-state index contributed by atoms with van der Waals surface area (Å²) in [6, 6.07) is 0. The van der Waals surface area contributed by atoms with Crippen molar-refractivity contribution in [3.8, 4) is 0 Å². The van der Waals surface area contributed by atoms with E-state index in [9.17, 15) is 9.00 Å². The summed E-state index contributed by atoms with van der Waals surface area (Å²) in [7, 11) is -0.918. The average Bonchev–Trinajstić information content (AvgIpc) is 2.17. The molecular weight excluding hydrogens is 216 g/mol. The van der Waals surface area contributed by atoms with Crippen LogP contribution in [0, 0.1) is 0 Å². The summed E-state index contributed by atoms with van der Waals surface area (Å²) in [6.45, 7) is 0.346.